The van der Waals surface area contributed by atoms with E-state index in [1.807, 2.05) is 0 Å². The summed E-state index contributed by atoms with van der Waals surface area (Å²) >= 11 is 3.47. The first-order valence-corrected chi connectivity index (χ1v) is 5.40. The van der Waals surface area contributed by atoms with E-state index in [9.17, 15) is 0 Å². The average Bonchev–Trinajstić information content (AvgIpc) is 1.89. The summed E-state index contributed by atoms with van der Waals surface area (Å²) in [5.74, 6) is 1.79. The molecule has 0 heterocycles. The van der Waals surface area contributed by atoms with Crippen LogP contribution in [0.15, 0.2) is 0 Å². The van der Waals surface area contributed by atoms with Gasteiger partial charge in [0.05, 0.1) is 0 Å². The minimum Gasteiger partial charge on any atom is -0.0928 e. The maximum atomic E-state index is 3.47. The van der Waals surface area contributed by atoms with Gasteiger partial charge >= 0.3 is 0 Å². The number of alkyl halides is 1. The van der Waals surface area contributed by atoms with Gasteiger partial charge in [-0.3, -0.25) is 0 Å². The molecule has 0 aliphatic carbocycles. The van der Waals surface area contributed by atoms with E-state index in [2.05, 4.69) is 36.7 Å². The molecular formula is C9H19Br. The van der Waals surface area contributed by atoms with Crippen LogP contribution < -0.4 is 0 Å². The van der Waals surface area contributed by atoms with Gasteiger partial charge in [-0.15, -0.1) is 0 Å². The van der Waals surface area contributed by atoms with Crippen molar-refractivity contribution in [2.24, 2.45) is 11.8 Å². The third-order valence-electron chi connectivity index (χ3n) is 2.28. The van der Waals surface area contributed by atoms with E-state index >= 15 is 0 Å². The third kappa shape index (κ3) is 4.32. The summed E-state index contributed by atoms with van der Waals surface area (Å²) in [5, 5.41) is 1.15. The summed E-state index contributed by atoms with van der Waals surface area (Å²) in [6, 6.07) is 0. The van der Waals surface area contributed by atoms with Crippen LogP contribution in [0.2, 0.25) is 0 Å². The van der Waals surface area contributed by atoms with Gasteiger partial charge < -0.3 is 0 Å². The minimum atomic E-state index is 0.888. The van der Waals surface area contributed by atoms with Crippen molar-refractivity contribution in [3.63, 3.8) is 0 Å². The highest BCUT2D eigenvalue weighted by atomic mass is 79.9. The second-order valence-electron chi connectivity index (χ2n) is 3.22. The summed E-state index contributed by atoms with van der Waals surface area (Å²) in [5.41, 5.74) is 0. The van der Waals surface area contributed by atoms with E-state index in [4.69, 9.17) is 0 Å². The van der Waals surface area contributed by atoms with E-state index in [1.54, 1.807) is 0 Å². The molecule has 0 aromatic rings. The fourth-order valence-corrected chi connectivity index (χ4v) is 1.92. The molecule has 0 bridgehead atoms. The Hall–Kier alpha value is 0.480. The van der Waals surface area contributed by atoms with Crippen LogP contribution in [0, 0.1) is 11.8 Å². The average molecular weight is 207 g/mol. The van der Waals surface area contributed by atoms with Gasteiger partial charge in [0.25, 0.3) is 0 Å². The summed E-state index contributed by atoms with van der Waals surface area (Å²) < 4.78 is 0. The Morgan fingerprint density at radius 2 is 1.60 bits per heavy atom. The van der Waals surface area contributed by atoms with E-state index in [-0.39, 0.29) is 0 Å². The first-order chi connectivity index (χ1) is 4.72. The van der Waals surface area contributed by atoms with E-state index < -0.39 is 0 Å². The molecule has 0 rings (SSSR count). The Morgan fingerprint density at radius 1 is 1.10 bits per heavy atom. The van der Waals surface area contributed by atoms with Gasteiger partial charge in [-0.1, -0.05) is 49.5 Å². The lowest BCUT2D eigenvalue weighted by Gasteiger charge is -2.17. The van der Waals surface area contributed by atoms with Gasteiger partial charge in [0.2, 0.25) is 0 Å². The lowest BCUT2D eigenvalue weighted by atomic mass is 9.90. The fraction of sp³-hybridized carbons (Fsp3) is 1.00. The summed E-state index contributed by atoms with van der Waals surface area (Å²) in [7, 11) is 0. The Labute approximate surface area is 73.5 Å². The van der Waals surface area contributed by atoms with Gasteiger partial charge in [-0.05, 0) is 18.3 Å². The highest BCUT2D eigenvalue weighted by molar-refractivity contribution is 9.09. The Morgan fingerprint density at radius 3 is 2.00 bits per heavy atom. The first-order valence-electron chi connectivity index (χ1n) is 4.28. The van der Waals surface area contributed by atoms with Crippen molar-refractivity contribution in [2.75, 3.05) is 5.33 Å². The van der Waals surface area contributed by atoms with Crippen molar-refractivity contribution >= 4 is 15.9 Å². The number of halogens is 1. The Balaban J connectivity index is 3.38. The fourth-order valence-electron chi connectivity index (χ4n) is 1.20. The Kier molecular flexibility index (Phi) is 6.50. The zero-order valence-electron chi connectivity index (χ0n) is 7.36. The van der Waals surface area contributed by atoms with Gasteiger partial charge in [0.1, 0.15) is 0 Å². The highest BCUT2D eigenvalue weighted by Gasteiger charge is 2.09. The molecule has 0 spiro atoms. The Bertz CT molecular complexity index is 61.1. The van der Waals surface area contributed by atoms with Crippen LogP contribution in [0.4, 0.5) is 0 Å². The molecule has 0 nitrogen and oxygen atoms in total. The predicted molar refractivity (Wildman–Crippen MR) is 51.6 cm³/mol. The molecule has 0 aromatic carbocycles. The molecule has 0 saturated carbocycles. The van der Waals surface area contributed by atoms with Crippen molar-refractivity contribution in [1.29, 1.82) is 0 Å². The highest BCUT2D eigenvalue weighted by Crippen LogP contribution is 2.20. The SMILES string of the molecule is CCCC(C)C(C)CCBr. The molecule has 0 N–H and O–H groups in total. The zero-order valence-corrected chi connectivity index (χ0v) is 8.95. The lowest BCUT2D eigenvalue weighted by Crippen LogP contribution is -2.07. The topological polar surface area (TPSA) is 0 Å². The van der Waals surface area contributed by atoms with Gasteiger partial charge in [0.15, 0.2) is 0 Å². The quantitative estimate of drug-likeness (QED) is 0.601. The molecule has 2 unspecified atom stereocenters. The molecule has 0 amide bonds. The predicted octanol–water partition coefficient (Wildman–Crippen LogP) is 3.84. The minimum absolute atomic E-state index is 0.888. The number of hydrogen-bond acceptors (Lipinski definition) is 0. The molecule has 2 atom stereocenters. The van der Waals surface area contributed by atoms with Crippen LogP contribution in [-0.4, -0.2) is 5.33 Å². The molecule has 0 aliphatic rings. The summed E-state index contributed by atoms with van der Waals surface area (Å²) in [4.78, 5) is 0. The van der Waals surface area contributed by atoms with Crippen LogP contribution in [-0.2, 0) is 0 Å². The smallest absolute Gasteiger partial charge is 0.00339 e. The van der Waals surface area contributed by atoms with Gasteiger partial charge in [-0.25, -0.2) is 0 Å². The molecule has 0 saturated heterocycles. The molecule has 0 radical (unpaired) electrons. The standard InChI is InChI=1S/C9H19Br/c1-4-5-8(2)9(3)6-7-10/h8-9H,4-7H2,1-3H3. The van der Waals surface area contributed by atoms with Crippen LogP contribution in [0.25, 0.3) is 0 Å². The van der Waals surface area contributed by atoms with Crippen molar-refractivity contribution in [2.45, 2.75) is 40.0 Å². The normalized spacial score (nSPS) is 16.8. The van der Waals surface area contributed by atoms with Gasteiger partial charge in [0, 0.05) is 5.33 Å². The number of hydrogen-bond donors (Lipinski definition) is 0. The third-order valence-corrected chi connectivity index (χ3v) is 2.74. The molecule has 62 valence electrons. The zero-order chi connectivity index (χ0) is 7.98. The van der Waals surface area contributed by atoms with E-state index in [0.717, 1.165) is 17.2 Å². The molecule has 0 aromatic heterocycles. The van der Waals surface area contributed by atoms with Crippen LogP contribution in [0.5, 0.6) is 0 Å². The largest absolute Gasteiger partial charge is 0.0928 e. The van der Waals surface area contributed by atoms with Crippen molar-refractivity contribution in [3.8, 4) is 0 Å². The maximum Gasteiger partial charge on any atom is 0.00339 e. The molecule has 0 fully saturated rings. The molecule has 1 heteroatoms. The number of rotatable bonds is 5. The molecular weight excluding hydrogens is 188 g/mol. The molecule has 10 heavy (non-hydrogen) atoms. The second kappa shape index (κ2) is 6.21. The first kappa shape index (κ1) is 10.5. The van der Waals surface area contributed by atoms with E-state index in [1.165, 1.54) is 19.3 Å². The monoisotopic (exact) mass is 206 g/mol. The van der Waals surface area contributed by atoms with Crippen molar-refractivity contribution in [3.05, 3.63) is 0 Å². The van der Waals surface area contributed by atoms with Crippen LogP contribution in [0.1, 0.15) is 40.0 Å². The lowest BCUT2D eigenvalue weighted by molar-refractivity contribution is 0.355. The van der Waals surface area contributed by atoms with Crippen LogP contribution >= 0.6 is 15.9 Å². The van der Waals surface area contributed by atoms with Crippen molar-refractivity contribution < 1.29 is 0 Å². The maximum absolute atomic E-state index is 3.47. The van der Waals surface area contributed by atoms with Gasteiger partial charge in [-0.2, -0.15) is 0 Å². The molecule has 0 aliphatic heterocycles. The summed E-state index contributed by atoms with van der Waals surface area (Å²) in [6.45, 7) is 6.97. The van der Waals surface area contributed by atoms with E-state index in [0.29, 0.717) is 0 Å². The van der Waals surface area contributed by atoms with Crippen molar-refractivity contribution in [1.82, 2.24) is 0 Å². The van der Waals surface area contributed by atoms with Crippen LogP contribution in [0.3, 0.4) is 0 Å². The second-order valence-corrected chi connectivity index (χ2v) is 4.01. The summed E-state index contributed by atoms with van der Waals surface area (Å²) in [6.07, 6.45) is 4.03.